The van der Waals surface area contributed by atoms with Gasteiger partial charge in [0.25, 0.3) is 5.91 Å². The first-order valence-corrected chi connectivity index (χ1v) is 8.05. The predicted octanol–water partition coefficient (Wildman–Crippen LogP) is 2.64. The van der Waals surface area contributed by atoms with Gasteiger partial charge >= 0.3 is 5.97 Å². The van der Waals surface area contributed by atoms with Crippen molar-refractivity contribution < 1.29 is 24.2 Å². The van der Waals surface area contributed by atoms with E-state index in [9.17, 15) is 14.9 Å². The summed E-state index contributed by atoms with van der Waals surface area (Å²) in [7, 11) is 1.58. The van der Waals surface area contributed by atoms with E-state index in [1.165, 1.54) is 11.3 Å². The maximum atomic E-state index is 11.9. The molecule has 0 aliphatic heterocycles. The number of thiophene rings is 1. The molecule has 0 saturated heterocycles. The lowest BCUT2D eigenvalue weighted by Crippen LogP contribution is -2.20. The molecule has 25 heavy (non-hydrogen) atoms. The van der Waals surface area contributed by atoms with Crippen LogP contribution in [0, 0.1) is 18.3 Å². The molecule has 130 valence electrons. The van der Waals surface area contributed by atoms with Crippen molar-refractivity contribution in [3.8, 4) is 22.9 Å². The quantitative estimate of drug-likeness (QED) is 0.786. The molecule has 1 aromatic heterocycles. The number of carboxylic acids is 1. The van der Waals surface area contributed by atoms with Crippen LogP contribution in [0.15, 0.2) is 24.3 Å². The van der Waals surface area contributed by atoms with Gasteiger partial charge in [-0.25, -0.2) is 4.79 Å². The van der Waals surface area contributed by atoms with Crippen molar-refractivity contribution in [3.05, 3.63) is 34.7 Å². The molecule has 1 amide bonds. The molecule has 0 radical (unpaired) electrons. The summed E-state index contributed by atoms with van der Waals surface area (Å²) in [4.78, 5) is 23.1. The fraction of sp³-hybridized carbons (Fsp3) is 0.235. The normalized spacial score (nSPS) is 10.1. The number of nitriles is 1. The largest absolute Gasteiger partial charge is 0.497 e. The van der Waals surface area contributed by atoms with Gasteiger partial charge < -0.3 is 19.9 Å². The van der Waals surface area contributed by atoms with Crippen LogP contribution in [0.3, 0.4) is 0 Å². The van der Waals surface area contributed by atoms with E-state index in [2.05, 4.69) is 11.4 Å². The second kappa shape index (κ2) is 8.28. The molecule has 7 nitrogen and oxygen atoms in total. The molecule has 0 bridgehead atoms. The summed E-state index contributed by atoms with van der Waals surface area (Å²) in [5.74, 6) is -0.959. The van der Waals surface area contributed by atoms with E-state index in [-0.39, 0.29) is 0 Å². The lowest BCUT2D eigenvalue weighted by molar-refractivity contribution is -0.143. The number of carbonyl (C=O) groups is 2. The van der Waals surface area contributed by atoms with Gasteiger partial charge in [-0.05, 0) is 24.6 Å². The Hall–Kier alpha value is -2.89. The number of carbonyl (C=O) groups excluding carboxylic acids is 1. The minimum Gasteiger partial charge on any atom is -0.497 e. The van der Waals surface area contributed by atoms with Crippen molar-refractivity contribution >= 4 is 28.2 Å². The number of amides is 1. The van der Waals surface area contributed by atoms with E-state index in [1.54, 1.807) is 19.2 Å². The number of rotatable bonds is 7. The van der Waals surface area contributed by atoms with Crippen LogP contribution in [0.5, 0.6) is 5.75 Å². The Balaban J connectivity index is 2.22. The van der Waals surface area contributed by atoms with Crippen LogP contribution in [-0.4, -0.2) is 37.3 Å². The maximum absolute atomic E-state index is 11.9. The van der Waals surface area contributed by atoms with Crippen molar-refractivity contribution in [2.75, 3.05) is 25.6 Å². The standard InChI is InChI=1S/C17H16N2O5S/c1-10-16(11-3-5-12(23-2)6-4-11)13(7-18)17(25-10)19-14(20)8-24-9-15(21)22/h3-6H,8-9H2,1-2H3,(H,19,20)(H,21,22). The van der Waals surface area contributed by atoms with Gasteiger partial charge in [0, 0.05) is 10.4 Å². The molecule has 0 aliphatic carbocycles. The summed E-state index contributed by atoms with van der Waals surface area (Å²) in [5, 5.41) is 21.0. The topological polar surface area (TPSA) is 109 Å². The molecule has 0 aliphatic rings. The molecule has 8 heteroatoms. The number of hydrogen-bond acceptors (Lipinski definition) is 6. The third kappa shape index (κ3) is 4.56. The molecule has 0 spiro atoms. The molecule has 2 N–H and O–H groups in total. The van der Waals surface area contributed by atoms with Crippen LogP contribution in [0.4, 0.5) is 5.00 Å². The number of methoxy groups -OCH3 is 1. The Labute approximate surface area is 148 Å². The SMILES string of the molecule is COc1ccc(-c2c(C)sc(NC(=O)COCC(=O)O)c2C#N)cc1. The summed E-state index contributed by atoms with van der Waals surface area (Å²) in [5.41, 5.74) is 1.95. The van der Waals surface area contributed by atoms with E-state index in [1.807, 2.05) is 19.1 Å². The number of ether oxygens (including phenoxy) is 2. The highest BCUT2D eigenvalue weighted by molar-refractivity contribution is 7.17. The fourth-order valence-corrected chi connectivity index (χ4v) is 3.28. The van der Waals surface area contributed by atoms with Crippen molar-refractivity contribution in [1.29, 1.82) is 5.26 Å². The average Bonchev–Trinajstić information content (AvgIpc) is 2.89. The minimum absolute atomic E-state index is 0.360. The van der Waals surface area contributed by atoms with E-state index < -0.39 is 25.1 Å². The van der Waals surface area contributed by atoms with Crippen LogP contribution >= 0.6 is 11.3 Å². The van der Waals surface area contributed by atoms with Gasteiger partial charge in [-0.2, -0.15) is 5.26 Å². The molecule has 0 unspecified atom stereocenters. The monoisotopic (exact) mass is 360 g/mol. The zero-order chi connectivity index (χ0) is 18.4. The second-order valence-electron chi connectivity index (χ2n) is 5.01. The lowest BCUT2D eigenvalue weighted by atomic mass is 10.0. The molecule has 0 atom stereocenters. The average molecular weight is 360 g/mol. The first kappa shape index (κ1) is 18.4. The zero-order valence-corrected chi connectivity index (χ0v) is 14.5. The number of carboxylic acid groups (broad SMARTS) is 1. The summed E-state index contributed by atoms with van der Waals surface area (Å²) < 4.78 is 9.87. The van der Waals surface area contributed by atoms with Crippen LogP contribution in [0.2, 0.25) is 0 Å². The Morgan fingerprint density at radius 2 is 1.96 bits per heavy atom. The zero-order valence-electron chi connectivity index (χ0n) is 13.7. The summed E-state index contributed by atoms with van der Waals surface area (Å²) >= 11 is 1.28. The van der Waals surface area contributed by atoms with Crippen LogP contribution in [0.1, 0.15) is 10.4 Å². The number of aliphatic carboxylic acids is 1. The van der Waals surface area contributed by atoms with Crippen LogP contribution < -0.4 is 10.1 Å². The van der Waals surface area contributed by atoms with Crippen molar-refractivity contribution in [2.24, 2.45) is 0 Å². The van der Waals surface area contributed by atoms with Gasteiger partial charge in [-0.1, -0.05) is 12.1 Å². The molecule has 2 rings (SSSR count). The Morgan fingerprint density at radius 3 is 2.52 bits per heavy atom. The Kier molecular flexibility index (Phi) is 6.11. The highest BCUT2D eigenvalue weighted by Crippen LogP contribution is 2.39. The lowest BCUT2D eigenvalue weighted by Gasteiger charge is -2.05. The molecule has 1 heterocycles. The molecule has 2 aromatic rings. The number of hydrogen-bond donors (Lipinski definition) is 2. The highest BCUT2D eigenvalue weighted by Gasteiger charge is 2.19. The van der Waals surface area contributed by atoms with E-state index in [0.29, 0.717) is 16.3 Å². The highest BCUT2D eigenvalue weighted by atomic mass is 32.1. The van der Waals surface area contributed by atoms with Crippen molar-refractivity contribution in [1.82, 2.24) is 0 Å². The summed E-state index contributed by atoms with van der Waals surface area (Å²) in [6.45, 7) is 0.909. The third-order valence-electron chi connectivity index (χ3n) is 3.29. The van der Waals surface area contributed by atoms with Gasteiger partial charge in [-0.3, -0.25) is 4.79 Å². The Bertz CT molecular complexity index is 821. The van der Waals surface area contributed by atoms with Gasteiger partial charge in [0.1, 0.15) is 30.0 Å². The van der Waals surface area contributed by atoms with Crippen LogP contribution in [0.25, 0.3) is 11.1 Å². The summed E-state index contributed by atoms with van der Waals surface area (Å²) in [6.07, 6.45) is 0. The number of benzene rings is 1. The summed E-state index contributed by atoms with van der Waals surface area (Å²) in [6, 6.07) is 9.40. The fourth-order valence-electron chi connectivity index (χ4n) is 2.24. The first-order chi connectivity index (χ1) is 12.0. The molecule has 1 aromatic carbocycles. The molecular weight excluding hydrogens is 344 g/mol. The van der Waals surface area contributed by atoms with Gasteiger partial charge in [0.2, 0.25) is 0 Å². The minimum atomic E-state index is -1.15. The molecule has 0 saturated carbocycles. The van der Waals surface area contributed by atoms with Gasteiger partial charge in [-0.15, -0.1) is 11.3 Å². The Morgan fingerprint density at radius 1 is 1.28 bits per heavy atom. The number of nitrogens with zero attached hydrogens (tertiary/aromatic N) is 1. The van der Waals surface area contributed by atoms with Gasteiger partial charge in [0.15, 0.2) is 0 Å². The van der Waals surface area contributed by atoms with Gasteiger partial charge in [0.05, 0.1) is 12.7 Å². The van der Waals surface area contributed by atoms with E-state index in [4.69, 9.17) is 14.6 Å². The number of nitrogens with one attached hydrogen (secondary N) is 1. The van der Waals surface area contributed by atoms with Crippen molar-refractivity contribution in [2.45, 2.75) is 6.92 Å². The number of anilines is 1. The van der Waals surface area contributed by atoms with Crippen molar-refractivity contribution in [3.63, 3.8) is 0 Å². The number of aryl methyl sites for hydroxylation is 1. The maximum Gasteiger partial charge on any atom is 0.329 e. The predicted molar refractivity (Wildman–Crippen MR) is 92.8 cm³/mol. The third-order valence-corrected chi connectivity index (χ3v) is 4.31. The van der Waals surface area contributed by atoms with Crippen LogP contribution in [-0.2, 0) is 14.3 Å². The molecular formula is C17H16N2O5S. The first-order valence-electron chi connectivity index (χ1n) is 7.23. The van der Waals surface area contributed by atoms with E-state index >= 15 is 0 Å². The second-order valence-corrected chi connectivity index (χ2v) is 6.24. The smallest absolute Gasteiger partial charge is 0.329 e. The van der Waals surface area contributed by atoms with E-state index in [0.717, 1.165) is 16.0 Å². The molecule has 0 fully saturated rings.